The molecule has 0 unspecified atom stereocenters. The molecular weight excluding hydrogens is 309 g/mol. The molecular formula is C14H11BrFN3. The summed E-state index contributed by atoms with van der Waals surface area (Å²) in [6.07, 6.45) is 0. The number of H-pyrrole nitrogens is 1. The van der Waals surface area contributed by atoms with E-state index in [4.69, 9.17) is 5.73 Å². The van der Waals surface area contributed by atoms with Crippen molar-refractivity contribution in [3.05, 3.63) is 46.2 Å². The Bertz CT molecular complexity index is 720. The summed E-state index contributed by atoms with van der Waals surface area (Å²) in [5.74, 6) is 0.337. The average Bonchev–Trinajstić information content (AvgIpc) is 2.72. The van der Waals surface area contributed by atoms with E-state index in [2.05, 4.69) is 25.9 Å². The summed E-state index contributed by atoms with van der Waals surface area (Å²) in [6.45, 7) is 1.97. The van der Waals surface area contributed by atoms with E-state index in [1.54, 1.807) is 6.07 Å². The van der Waals surface area contributed by atoms with E-state index in [-0.39, 0.29) is 5.82 Å². The van der Waals surface area contributed by atoms with Gasteiger partial charge in [0.1, 0.15) is 11.6 Å². The van der Waals surface area contributed by atoms with Crippen LogP contribution in [-0.4, -0.2) is 9.97 Å². The molecule has 0 amide bonds. The van der Waals surface area contributed by atoms with Crippen LogP contribution in [0.15, 0.2) is 34.8 Å². The third-order valence-corrected chi connectivity index (χ3v) is 3.67. The van der Waals surface area contributed by atoms with E-state index in [9.17, 15) is 4.39 Å². The maximum atomic E-state index is 13.5. The Morgan fingerprint density at radius 2 is 2.11 bits per heavy atom. The lowest BCUT2D eigenvalue weighted by Crippen LogP contribution is -1.93. The predicted molar refractivity (Wildman–Crippen MR) is 78.3 cm³/mol. The number of nitrogen functional groups attached to an aromatic ring is 1. The van der Waals surface area contributed by atoms with Crippen molar-refractivity contribution in [1.29, 1.82) is 0 Å². The van der Waals surface area contributed by atoms with Crippen LogP contribution in [0.4, 0.5) is 10.1 Å². The largest absolute Gasteiger partial charge is 0.398 e. The molecule has 0 fully saturated rings. The van der Waals surface area contributed by atoms with Crippen molar-refractivity contribution < 1.29 is 4.39 Å². The van der Waals surface area contributed by atoms with E-state index in [0.717, 1.165) is 11.1 Å². The number of aromatic amines is 1. The number of nitrogens with zero attached hydrogens (tertiary/aromatic N) is 1. The molecule has 0 bridgehead atoms. The van der Waals surface area contributed by atoms with Gasteiger partial charge in [-0.3, -0.25) is 0 Å². The molecule has 3 nitrogen and oxygen atoms in total. The van der Waals surface area contributed by atoms with Crippen molar-refractivity contribution in [3.8, 4) is 11.4 Å². The number of rotatable bonds is 1. The molecule has 0 spiro atoms. The first-order valence-corrected chi connectivity index (χ1v) is 6.56. The molecule has 0 saturated carbocycles. The third-order valence-electron chi connectivity index (χ3n) is 3.07. The second-order valence-electron chi connectivity index (χ2n) is 4.41. The van der Waals surface area contributed by atoms with Crippen molar-refractivity contribution in [2.24, 2.45) is 0 Å². The quantitative estimate of drug-likeness (QED) is 0.665. The zero-order chi connectivity index (χ0) is 13.6. The summed E-state index contributed by atoms with van der Waals surface area (Å²) in [5.41, 5.74) is 9.88. The lowest BCUT2D eigenvalue weighted by Gasteiger charge is -2.05. The molecule has 3 aromatic rings. The molecule has 1 heterocycles. The lowest BCUT2D eigenvalue weighted by atomic mass is 10.1. The van der Waals surface area contributed by atoms with Gasteiger partial charge in [-0.15, -0.1) is 0 Å². The first-order valence-electron chi connectivity index (χ1n) is 5.76. The number of aryl methyl sites for hydroxylation is 1. The maximum absolute atomic E-state index is 13.5. The summed E-state index contributed by atoms with van der Waals surface area (Å²) in [7, 11) is 0. The second-order valence-corrected chi connectivity index (χ2v) is 5.26. The first kappa shape index (κ1) is 12.2. The Kier molecular flexibility index (Phi) is 2.78. The van der Waals surface area contributed by atoms with Gasteiger partial charge >= 0.3 is 0 Å². The molecule has 2 aromatic carbocycles. The Morgan fingerprint density at radius 1 is 1.32 bits per heavy atom. The van der Waals surface area contributed by atoms with E-state index in [1.165, 1.54) is 6.07 Å². The van der Waals surface area contributed by atoms with Crippen molar-refractivity contribution in [3.63, 3.8) is 0 Å². The van der Waals surface area contributed by atoms with Crippen LogP contribution < -0.4 is 5.73 Å². The number of fused-ring (bicyclic) bond motifs is 1. The van der Waals surface area contributed by atoms with E-state index < -0.39 is 0 Å². The molecule has 0 radical (unpaired) electrons. The van der Waals surface area contributed by atoms with Gasteiger partial charge in [0.05, 0.1) is 15.5 Å². The molecule has 3 rings (SSSR count). The standard InChI is InChI=1S/C14H11BrFN3/c1-7-3-2-4-10(17)13(7)14-18-11-5-8(15)9(16)6-12(11)19-14/h2-6H,17H2,1H3,(H,18,19). The van der Waals surface area contributed by atoms with Crippen molar-refractivity contribution >= 4 is 32.7 Å². The Balaban J connectivity index is 2.26. The van der Waals surface area contributed by atoms with Gasteiger partial charge in [-0.2, -0.15) is 0 Å². The fraction of sp³-hybridized carbons (Fsp3) is 0.0714. The fourth-order valence-electron chi connectivity index (χ4n) is 2.14. The molecule has 1 aromatic heterocycles. The van der Waals surface area contributed by atoms with Gasteiger partial charge in [0.15, 0.2) is 0 Å². The summed E-state index contributed by atoms with van der Waals surface area (Å²) >= 11 is 3.16. The highest BCUT2D eigenvalue weighted by Gasteiger charge is 2.12. The molecule has 5 heteroatoms. The SMILES string of the molecule is Cc1cccc(N)c1-c1nc2cc(Br)c(F)cc2[nH]1. The molecule has 3 N–H and O–H groups in total. The average molecular weight is 320 g/mol. The van der Waals surface area contributed by atoms with Gasteiger partial charge < -0.3 is 10.7 Å². The van der Waals surface area contributed by atoms with Crippen LogP contribution in [0.5, 0.6) is 0 Å². The third kappa shape index (κ3) is 2.00. The van der Waals surface area contributed by atoms with Gasteiger partial charge in [-0.05, 0) is 40.5 Å². The normalized spacial score (nSPS) is 11.1. The maximum Gasteiger partial charge on any atom is 0.140 e. The van der Waals surface area contributed by atoms with E-state index in [1.807, 2.05) is 25.1 Å². The topological polar surface area (TPSA) is 54.7 Å². The molecule has 0 aliphatic heterocycles. The molecule has 19 heavy (non-hydrogen) atoms. The van der Waals surface area contributed by atoms with Gasteiger partial charge in [-0.25, -0.2) is 9.37 Å². The Hall–Kier alpha value is -1.88. The van der Waals surface area contributed by atoms with Crippen molar-refractivity contribution in [2.75, 3.05) is 5.73 Å². The van der Waals surface area contributed by atoms with E-state index in [0.29, 0.717) is 27.0 Å². The zero-order valence-electron chi connectivity index (χ0n) is 10.2. The lowest BCUT2D eigenvalue weighted by molar-refractivity contribution is 0.623. The zero-order valence-corrected chi connectivity index (χ0v) is 11.8. The smallest absolute Gasteiger partial charge is 0.140 e. The molecule has 0 aliphatic carbocycles. The number of hydrogen-bond donors (Lipinski definition) is 2. The number of nitrogens with one attached hydrogen (secondary N) is 1. The van der Waals surface area contributed by atoms with Gasteiger partial charge in [0, 0.05) is 17.3 Å². The highest BCUT2D eigenvalue weighted by Crippen LogP contribution is 2.30. The summed E-state index contributed by atoms with van der Waals surface area (Å²) in [4.78, 5) is 7.58. The molecule has 0 aliphatic rings. The number of hydrogen-bond acceptors (Lipinski definition) is 2. The number of imidazole rings is 1. The van der Waals surface area contributed by atoms with E-state index >= 15 is 0 Å². The van der Waals surface area contributed by atoms with Crippen LogP contribution in [0, 0.1) is 12.7 Å². The number of halogens is 2. The van der Waals surface area contributed by atoms with Crippen LogP contribution in [0.2, 0.25) is 0 Å². The molecule has 0 saturated heterocycles. The van der Waals surface area contributed by atoms with Crippen molar-refractivity contribution in [1.82, 2.24) is 9.97 Å². The number of anilines is 1. The Labute approximate surface area is 117 Å². The van der Waals surface area contributed by atoms with Crippen LogP contribution in [-0.2, 0) is 0 Å². The van der Waals surface area contributed by atoms with Crippen LogP contribution in [0.1, 0.15) is 5.56 Å². The first-order chi connectivity index (χ1) is 9.06. The number of benzene rings is 2. The predicted octanol–water partition coefficient (Wildman–Crippen LogP) is 4.02. The van der Waals surface area contributed by atoms with Crippen molar-refractivity contribution in [2.45, 2.75) is 6.92 Å². The minimum absolute atomic E-state index is 0.319. The second kappa shape index (κ2) is 4.35. The fourth-order valence-corrected chi connectivity index (χ4v) is 2.47. The van der Waals surface area contributed by atoms with Gasteiger partial charge in [0.25, 0.3) is 0 Å². The van der Waals surface area contributed by atoms with Crippen LogP contribution in [0.3, 0.4) is 0 Å². The minimum Gasteiger partial charge on any atom is -0.398 e. The van der Waals surface area contributed by atoms with Gasteiger partial charge in [-0.1, -0.05) is 12.1 Å². The Morgan fingerprint density at radius 3 is 2.84 bits per heavy atom. The highest BCUT2D eigenvalue weighted by molar-refractivity contribution is 9.10. The number of aromatic nitrogens is 2. The minimum atomic E-state index is -0.319. The summed E-state index contributed by atoms with van der Waals surface area (Å²) < 4.78 is 13.9. The van der Waals surface area contributed by atoms with Crippen LogP contribution in [0.25, 0.3) is 22.4 Å². The molecule has 96 valence electrons. The highest BCUT2D eigenvalue weighted by atomic mass is 79.9. The molecule has 0 atom stereocenters. The summed E-state index contributed by atoms with van der Waals surface area (Å²) in [6, 6.07) is 8.76. The summed E-state index contributed by atoms with van der Waals surface area (Å²) in [5, 5.41) is 0. The monoisotopic (exact) mass is 319 g/mol. The number of nitrogens with two attached hydrogens (primary N) is 1. The van der Waals surface area contributed by atoms with Gasteiger partial charge in [0.2, 0.25) is 0 Å². The van der Waals surface area contributed by atoms with Crippen LogP contribution >= 0.6 is 15.9 Å².